The fraction of sp³-hybridized carbons (Fsp3) is 0.455. The standard InChI is InChI=1S/C22H20F5N5OS/c1-3-31-15-8-14(18-17(34-4-2)7-13(9-30-18)20(11-28)5-6-20)29-10-16(15)32(19(31)33)12-21(23,24)22(25,26)27/h7-10H,3-6,12H2,1-2H3. The molecule has 34 heavy (non-hydrogen) atoms. The van der Waals surface area contributed by atoms with Crippen LogP contribution in [0.5, 0.6) is 0 Å². The number of rotatable bonds is 7. The third kappa shape index (κ3) is 3.96. The van der Waals surface area contributed by atoms with E-state index in [1.54, 1.807) is 13.1 Å². The van der Waals surface area contributed by atoms with Gasteiger partial charge in [-0.1, -0.05) is 6.92 Å². The van der Waals surface area contributed by atoms with Crippen molar-refractivity contribution in [1.82, 2.24) is 19.1 Å². The summed E-state index contributed by atoms with van der Waals surface area (Å²) in [6, 6.07) is 5.69. The van der Waals surface area contributed by atoms with Gasteiger partial charge < -0.3 is 0 Å². The smallest absolute Gasteiger partial charge is 0.292 e. The summed E-state index contributed by atoms with van der Waals surface area (Å²) in [6.07, 6.45) is -1.55. The van der Waals surface area contributed by atoms with Gasteiger partial charge in [0.1, 0.15) is 12.2 Å². The number of hydrogen-bond acceptors (Lipinski definition) is 5. The predicted octanol–water partition coefficient (Wildman–Crippen LogP) is 5.14. The number of aromatic nitrogens is 4. The molecule has 0 spiro atoms. The van der Waals surface area contributed by atoms with Gasteiger partial charge in [0, 0.05) is 17.6 Å². The van der Waals surface area contributed by atoms with Gasteiger partial charge in [-0.05, 0) is 43.2 Å². The molecule has 0 aromatic carbocycles. The Labute approximate surface area is 195 Å². The quantitative estimate of drug-likeness (QED) is 0.334. The number of aryl methyl sites for hydroxylation is 1. The zero-order valence-corrected chi connectivity index (χ0v) is 19.1. The van der Waals surface area contributed by atoms with Crippen molar-refractivity contribution >= 4 is 22.8 Å². The highest BCUT2D eigenvalue weighted by Crippen LogP contribution is 2.48. The van der Waals surface area contributed by atoms with Crippen LogP contribution in [0.15, 0.2) is 34.2 Å². The summed E-state index contributed by atoms with van der Waals surface area (Å²) in [4.78, 5) is 22.2. The molecule has 0 amide bonds. The van der Waals surface area contributed by atoms with E-state index in [9.17, 15) is 32.0 Å². The Morgan fingerprint density at radius 2 is 1.79 bits per heavy atom. The number of pyridine rings is 2. The largest absolute Gasteiger partial charge is 0.455 e. The lowest BCUT2D eigenvalue weighted by Gasteiger charge is -2.19. The second-order valence-corrected chi connectivity index (χ2v) is 9.38. The Balaban J connectivity index is 1.84. The molecule has 3 aromatic rings. The van der Waals surface area contributed by atoms with Gasteiger partial charge in [-0.2, -0.15) is 27.2 Å². The van der Waals surface area contributed by atoms with Crippen LogP contribution >= 0.6 is 11.8 Å². The van der Waals surface area contributed by atoms with Crippen LogP contribution in [0.25, 0.3) is 22.4 Å². The highest BCUT2D eigenvalue weighted by Gasteiger charge is 2.58. The van der Waals surface area contributed by atoms with Crippen LogP contribution in [0.3, 0.4) is 0 Å². The minimum Gasteiger partial charge on any atom is -0.292 e. The Bertz CT molecular complexity index is 1350. The second-order valence-electron chi connectivity index (χ2n) is 8.07. The van der Waals surface area contributed by atoms with Gasteiger partial charge in [-0.3, -0.25) is 19.1 Å². The van der Waals surface area contributed by atoms with Crippen molar-refractivity contribution in [1.29, 1.82) is 5.26 Å². The van der Waals surface area contributed by atoms with Crippen LogP contribution in [0.2, 0.25) is 0 Å². The van der Waals surface area contributed by atoms with E-state index in [0.717, 1.165) is 34.1 Å². The summed E-state index contributed by atoms with van der Waals surface area (Å²) in [5, 5.41) is 9.50. The normalized spacial score (nSPS) is 15.5. The van der Waals surface area contributed by atoms with Gasteiger partial charge in [-0.15, -0.1) is 11.8 Å². The van der Waals surface area contributed by atoms with Gasteiger partial charge in [0.15, 0.2) is 0 Å². The van der Waals surface area contributed by atoms with Crippen LogP contribution in [-0.2, 0) is 18.5 Å². The molecule has 180 valence electrons. The van der Waals surface area contributed by atoms with Gasteiger partial charge >= 0.3 is 17.8 Å². The number of nitriles is 1. The van der Waals surface area contributed by atoms with Crippen molar-refractivity contribution in [3.8, 4) is 17.5 Å². The Morgan fingerprint density at radius 3 is 2.35 bits per heavy atom. The second kappa shape index (κ2) is 8.37. The molecule has 1 saturated carbocycles. The van der Waals surface area contributed by atoms with Gasteiger partial charge in [0.25, 0.3) is 0 Å². The Morgan fingerprint density at radius 1 is 1.09 bits per heavy atom. The third-order valence-electron chi connectivity index (χ3n) is 5.90. The van der Waals surface area contributed by atoms with Crippen molar-refractivity contribution in [2.24, 2.45) is 0 Å². The van der Waals surface area contributed by atoms with Crippen LogP contribution in [-0.4, -0.2) is 37.0 Å². The molecule has 0 N–H and O–H groups in total. The molecular formula is C22H20F5N5OS. The lowest BCUT2D eigenvalue weighted by molar-refractivity contribution is -0.286. The van der Waals surface area contributed by atoms with E-state index in [1.165, 1.54) is 17.8 Å². The van der Waals surface area contributed by atoms with Crippen LogP contribution in [0.4, 0.5) is 22.0 Å². The summed E-state index contributed by atoms with van der Waals surface area (Å²) < 4.78 is 67.3. The van der Waals surface area contributed by atoms with E-state index in [4.69, 9.17) is 0 Å². The maximum atomic E-state index is 13.7. The van der Waals surface area contributed by atoms with Crippen LogP contribution < -0.4 is 5.69 Å². The monoisotopic (exact) mass is 497 g/mol. The number of nitrogens with zero attached hydrogens (tertiary/aromatic N) is 5. The maximum Gasteiger partial charge on any atom is 0.455 e. The van der Waals surface area contributed by atoms with E-state index < -0.39 is 29.7 Å². The molecule has 0 unspecified atom stereocenters. The lowest BCUT2D eigenvalue weighted by Crippen LogP contribution is -2.42. The third-order valence-corrected chi connectivity index (χ3v) is 6.82. The fourth-order valence-corrected chi connectivity index (χ4v) is 4.66. The zero-order chi connectivity index (χ0) is 24.9. The maximum absolute atomic E-state index is 13.7. The molecule has 6 nitrogen and oxygen atoms in total. The molecule has 3 aromatic heterocycles. The number of alkyl halides is 5. The molecule has 0 saturated heterocycles. The topological polar surface area (TPSA) is 76.5 Å². The van der Waals surface area contributed by atoms with Crippen molar-refractivity contribution in [3.05, 3.63) is 40.6 Å². The first-order valence-corrected chi connectivity index (χ1v) is 11.5. The number of halogens is 5. The fourth-order valence-electron chi connectivity index (χ4n) is 3.84. The minimum absolute atomic E-state index is 0.0665. The summed E-state index contributed by atoms with van der Waals surface area (Å²) in [6.45, 7) is 1.77. The Hall–Kier alpha value is -2.94. The van der Waals surface area contributed by atoms with Gasteiger partial charge in [0.05, 0.1) is 34.4 Å². The van der Waals surface area contributed by atoms with Crippen LogP contribution in [0, 0.1) is 11.3 Å². The highest BCUT2D eigenvalue weighted by molar-refractivity contribution is 7.99. The zero-order valence-electron chi connectivity index (χ0n) is 18.3. The molecule has 12 heteroatoms. The van der Waals surface area contributed by atoms with Crippen molar-refractivity contribution in [3.63, 3.8) is 0 Å². The molecule has 1 fully saturated rings. The molecule has 0 bridgehead atoms. The highest BCUT2D eigenvalue weighted by atomic mass is 32.2. The van der Waals surface area contributed by atoms with E-state index in [2.05, 4.69) is 16.0 Å². The van der Waals surface area contributed by atoms with E-state index >= 15 is 0 Å². The SMILES string of the molecule is CCSc1cc(C2(C#N)CC2)cnc1-c1cc2c(cn1)n(CC(F)(F)C(F)(F)F)c(=O)n2CC. The molecular weight excluding hydrogens is 477 g/mol. The molecule has 3 heterocycles. The average Bonchev–Trinajstić information content (AvgIpc) is 3.54. The number of thioether (sulfide) groups is 1. The molecule has 0 aliphatic heterocycles. The first kappa shape index (κ1) is 24.2. The van der Waals surface area contributed by atoms with E-state index in [-0.39, 0.29) is 17.6 Å². The van der Waals surface area contributed by atoms with Gasteiger partial charge in [0.2, 0.25) is 0 Å². The molecule has 0 atom stereocenters. The first-order chi connectivity index (χ1) is 16.0. The lowest BCUT2D eigenvalue weighted by atomic mass is 9.99. The van der Waals surface area contributed by atoms with Crippen LogP contribution in [0.1, 0.15) is 32.3 Å². The van der Waals surface area contributed by atoms with E-state index in [0.29, 0.717) is 21.7 Å². The summed E-state index contributed by atoms with van der Waals surface area (Å²) in [5.74, 6) is -4.37. The van der Waals surface area contributed by atoms with Crippen molar-refractivity contribution in [2.75, 3.05) is 5.75 Å². The van der Waals surface area contributed by atoms with Gasteiger partial charge in [-0.25, -0.2) is 4.79 Å². The van der Waals surface area contributed by atoms with Crippen molar-refractivity contribution < 1.29 is 22.0 Å². The number of fused-ring (bicyclic) bond motifs is 1. The summed E-state index contributed by atoms with van der Waals surface area (Å²) in [5.41, 5.74) is 0.189. The minimum atomic E-state index is -5.79. The first-order valence-electron chi connectivity index (χ1n) is 10.6. The number of hydrogen-bond donors (Lipinski definition) is 0. The molecule has 1 aliphatic rings. The number of imidazole rings is 1. The Kier molecular flexibility index (Phi) is 5.96. The molecule has 4 rings (SSSR count). The predicted molar refractivity (Wildman–Crippen MR) is 117 cm³/mol. The average molecular weight is 497 g/mol. The summed E-state index contributed by atoms with van der Waals surface area (Å²) >= 11 is 1.49. The molecule has 1 aliphatic carbocycles. The molecule has 0 radical (unpaired) electrons. The van der Waals surface area contributed by atoms with E-state index in [1.807, 2.05) is 13.0 Å². The van der Waals surface area contributed by atoms with Crippen molar-refractivity contribution in [2.45, 2.75) is 62.2 Å². The summed E-state index contributed by atoms with van der Waals surface area (Å²) in [7, 11) is 0.